The summed E-state index contributed by atoms with van der Waals surface area (Å²) in [5.74, 6) is 0. The summed E-state index contributed by atoms with van der Waals surface area (Å²) in [6, 6.07) is 3.92. The minimum atomic E-state index is -0.700. The molecule has 0 bridgehead atoms. The number of pyridine rings is 1. The predicted octanol–water partition coefficient (Wildman–Crippen LogP) is 1.94. The Morgan fingerprint density at radius 2 is 2.19 bits per heavy atom. The quantitative estimate of drug-likeness (QED) is 0.848. The van der Waals surface area contributed by atoms with Gasteiger partial charge in [0.15, 0.2) is 0 Å². The summed E-state index contributed by atoms with van der Waals surface area (Å²) in [5, 5.41) is 10.6. The molecule has 2 unspecified atom stereocenters. The predicted molar refractivity (Wildman–Crippen MR) is 62.2 cm³/mol. The van der Waals surface area contributed by atoms with E-state index in [9.17, 15) is 5.11 Å². The van der Waals surface area contributed by atoms with E-state index in [1.165, 1.54) is 0 Å². The van der Waals surface area contributed by atoms with E-state index in [4.69, 9.17) is 4.74 Å². The second kappa shape index (κ2) is 4.93. The molecule has 1 N–H and O–H groups in total. The number of aliphatic hydroxyl groups is 1. The topological polar surface area (TPSA) is 42.4 Å². The number of nitrogens with zero attached hydrogens (tertiary/aromatic N) is 1. The van der Waals surface area contributed by atoms with Crippen molar-refractivity contribution in [3.05, 3.63) is 30.1 Å². The summed E-state index contributed by atoms with van der Waals surface area (Å²) in [5.41, 5.74) is 0.426. The molecule has 1 fully saturated rings. The Hall–Kier alpha value is -0.930. The van der Waals surface area contributed by atoms with Gasteiger partial charge in [-0.1, -0.05) is 12.8 Å². The fourth-order valence-corrected chi connectivity index (χ4v) is 2.58. The Balaban J connectivity index is 2.11. The number of hydrogen-bond donors (Lipinski definition) is 1. The molecule has 1 aromatic heterocycles. The van der Waals surface area contributed by atoms with Crippen LogP contribution in [0.3, 0.4) is 0 Å². The Labute approximate surface area is 96.5 Å². The molecule has 0 radical (unpaired) electrons. The van der Waals surface area contributed by atoms with Gasteiger partial charge >= 0.3 is 0 Å². The third-order valence-electron chi connectivity index (χ3n) is 3.47. The largest absolute Gasteiger partial charge is 0.387 e. The Kier molecular flexibility index (Phi) is 3.56. The number of rotatable bonds is 3. The van der Waals surface area contributed by atoms with Crippen LogP contribution < -0.4 is 0 Å². The zero-order chi connectivity index (χ0) is 11.4. The highest BCUT2D eigenvalue weighted by Gasteiger charge is 2.39. The molecule has 0 saturated heterocycles. The van der Waals surface area contributed by atoms with Crippen molar-refractivity contribution in [1.82, 2.24) is 4.98 Å². The lowest BCUT2D eigenvalue weighted by Gasteiger charge is -2.39. The third kappa shape index (κ3) is 2.42. The smallest absolute Gasteiger partial charge is 0.0948 e. The van der Waals surface area contributed by atoms with E-state index in [1.54, 1.807) is 19.5 Å². The molecule has 0 aliphatic heterocycles. The summed E-state index contributed by atoms with van der Waals surface area (Å²) >= 11 is 0. The summed E-state index contributed by atoms with van der Waals surface area (Å²) in [6.07, 6.45) is 8.18. The molecule has 1 aliphatic rings. The van der Waals surface area contributed by atoms with Crippen molar-refractivity contribution in [3.8, 4) is 0 Å². The third-order valence-corrected chi connectivity index (χ3v) is 3.47. The first-order valence-corrected chi connectivity index (χ1v) is 5.89. The number of aromatic nitrogens is 1. The van der Waals surface area contributed by atoms with Crippen LogP contribution in [0.5, 0.6) is 0 Å². The minimum absolute atomic E-state index is 0.0329. The van der Waals surface area contributed by atoms with Crippen molar-refractivity contribution in [3.63, 3.8) is 0 Å². The second-order valence-corrected chi connectivity index (χ2v) is 4.61. The Morgan fingerprint density at radius 3 is 2.88 bits per heavy atom. The van der Waals surface area contributed by atoms with Crippen LogP contribution in [-0.4, -0.2) is 28.9 Å². The van der Waals surface area contributed by atoms with Gasteiger partial charge in [-0.3, -0.25) is 4.98 Å². The van der Waals surface area contributed by atoms with E-state index in [1.807, 2.05) is 12.1 Å². The van der Waals surface area contributed by atoms with Crippen molar-refractivity contribution in [1.29, 1.82) is 0 Å². The van der Waals surface area contributed by atoms with E-state index >= 15 is 0 Å². The summed E-state index contributed by atoms with van der Waals surface area (Å²) in [6.45, 7) is 0. The zero-order valence-corrected chi connectivity index (χ0v) is 9.72. The molecule has 2 rings (SSSR count). The van der Waals surface area contributed by atoms with Gasteiger partial charge in [-0.15, -0.1) is 0 Å². The standard InChI is InChI=1S/C13H19NO2/c1-16-12-4-2-3-7-13(12,15)10-11-5-8-14-9-6-11/h5-6,8-9,12,15H,2-4,7,10H2,1H3. The van der Waals surface area contributed by atoms with E-state index in [0.717, 1.165) is 31.2 Å². The van der Waals surface area contributed by atoms with E-state index in [-0.39, 0.29) is 6.10 Å². The fourth-order valence-electron chi connectivity index (χ4n) is 2.58. The molecule has 0 aromatic carbocycles. The van der Waals surface area contributed by atoms with E-state index < -0.39 is 5.60 Å². The first kappa shape index (κ1) is 11.6. The molecule has 3 nitrogen and oxygen atoms in total. The average Bonchev–Trinajstić information content (AvgIpc) is 2.30. The van der Waals surface area contributed by atoms with Crippen LogP contribution in [0.2, 0.25) is 0 Å². The minimum Gasteiger partial charge on any atom is -0.387 e. The van der Waals surface area contributed by atoms with Crippen molar-refractivity contribution in [2.45, 2.75) is 43.8 Å². The van der Waals surface area contributed by atoms with Gasteiger partial charge in [0.1, 0.15) is 0 Å². The SMILES string of the molecule is COC1CCCCC1(O)Cc1ccncc1. The van der Waals surface area contributed by atoms with Gasteiger partial charge in [0.05, 0.1) is 11.7 Å². The summed E-state index contributed by atoms with van der Waals surface area (Å²) in [7, 11) is 1.69. The van der Waals surface area contributed by atoms with Crippen molar-refractivity contribution >= 4 is 0 Å². The number of ether oxygens (including phenoxy) is 1. The average molecular weight is 221 g/mol. The van der Waals surface area contributed by atoms with Crippen LogP contribution in [0.4, 0.5) is 0 Å². The molecule has 1 heterocycles. The zero-order valence-electron chi connectivity index (χ0n) is 9.72. The van der Waals surface area contributed by atoms with Gasteiger partial charge in [-0.2, -0.15) is 0 Å². The molecule has 88 valence electrons. The fraction of sp³-hybridized carbons (Fsp3) is 0.615. The normalized spacial score (nSPS) is 30.2. The van der Waals surface area contributed by atoms with E-state index in [2.05, 4.69) is 4.98 Å². The maximum Gasteiger partial charge on any atom is 0.0948 e. The molecule has 1 saturated carbocycles. The lowest BCUT2D eigenvalue weighted by atomic mass is 9.78. The van der Waals surface area contributed by atoms with Crippen molar-refractivity contribution in [2.24, 2.45) is 0 Å². The lowest BCUT2D eigenvalue weighted by molar-refractivity contribution is -0.116. The maximum absolute atomic E-state index is 10.6. The molecule has 3 heteroatoms. The van der Waals surface area contributed by atoms with Gasteiger partial charge < -0.3 is 9.84 Å². The lowest BCUT2D eigenvalue weighted by Crippen LogP contribution is -2.47. The molecule has 0 spiro atoms. The number of methoxy groups -OCH3 is 1. The molecule has 0 amide bonds. The molecule has 16 heavy (non-hydrogen) atoms. The maximum atomic E-state index is 10.6. The van der Waals surface area contributed by atoms with Crippen molar-refractivity contribution in [2.75, 3.05) is 7.11 Å². The Morgan fingerprint density at radius 1 is 1.44 bits per heavy atom. The summed E-state index contributed by atoms with van der Waals surface area (Å²) < 4.78 is 5.41. The first-order chi connectivity index (χ1) is 7.74. The van der Waals surface area contributed by atoms with Crippen LogP contribution in [0.15, 0.2) is 24.5 Å². The highest BCUT2D eigenvalue weighted by Crippen LogP contribution is 2.33. The van der Waals surface area contributed by atoms with Gasteiger partial charge in [-0.05, 0) is 30.5 Å². The monoisotopic (exact) mass is 221 g/mol. The van der Waals surface area contributed by atoms with Gasteiger partial charge in [0.2, 0.25) is 0 Å². The van der Waals surface area contributed by atoms with Gasteiger partial charge in [0, 0.05) is 25.9 Å². The highest BCUT2D eigenvalue weighted by atomic mass is 16.5. The van der Waals surface area contributed by atoms with Crippen LogP contribution in [0, 0.1) is 0 Å². The molecular formula is C13H19NO2. The van der Waals surface area contributed by atoms with Crippen LogP contribution in [-0.2, 0) is 11.2 Å². The molecule has 1 aliphatic carbocycles. The number of hydrogen-bond acceptors (Lipinski definition) is 3. The van der Waals surface area contributed by atoms with Gasteiger partial charge in [-0.25, -0.2) is 0 Å². The van der Waals surface area contributed by atoms with Crippen LogP contribution in [0.1, 0.15) is 31.2 Å². The Bertz CT molecular complexity index is 328. The van der Waals surface area contributed by atoms with Crippen LogP contribution >= 0.6 is 0 Å². The molecule has 1 aromatic rings. The second-order valence-electron chi connectivity index (χ2n) is 4.61. The van der Waals surface area contributed by atoms with Crippen LogP contribution in [0.25, 0.3) is 0 Å². The molecular weight excluding hydrogens is 202 g/mol. The first-order valence-electron chi connectivity index (χ1n) is 5.89. The van der Waals surface area contributed by atoms with Crippen molar-refractivity contribution < 1.29 is 9.84 Å². The van der Waals surface area contributed by atoms with Gasteiger partial charge in [0.25, 0.3) is 0 Å². The van der Waals surface area contributed by atoms with E-state index in [0.29, 0.717) is 6.42 Å². The summed E-state index contributed by atoms with van der Waals surface area (Å²) in [4.78, 5) is 3.99. The highest BCUT2D eigenvalue weighted by molar-refractivity contribution is 5.14. The molecule has 2 atom stereocenters.